The van der Waals surface area contributed by atoms with Crippen molar-refractivity contribution in [2.75, 3.05) is 20.8 Å². The van der Waals surface area contributed by atoms with Crippen molar-refractivity contribution in [1.82, 2.24) is 10.7 Å². The van der Waals surface area contributed by atoms with Gasteiger partial charge in [-0.15, -0.1) is 0 Å². The van der Waals surface area contributed by atoms with E-state index in [2.05, 4.69) is 15.8 Å². The summed E-state index contributed by atoms with van der Waals surface area (Å²) in [7, 11) is 3.12. The van der Waals surface area contributed by atoms with Crippen LogP contribution < -0.4 is 20.2 Å². The summed E-state index contributed by atoms with van der Waals surface area (Å²) in [6, 6.07) is 12.3. The number of halogens is 1. The van der Waals surface area contributed by atoms with Crippen LogP contribution >= 0.6 is 11.6 Å². The quantitative estimate of drug-likeness (QED) is 0.431. The predicted octanol–water partition coefficient (Wildman–Crippen LogP) is 2.17. The largest absolute Gasteiger partial charge is 0.493 e. The monoisotopic (exact) mass is 389 g/mol. The van der Waals surface area contributed by atoms with E-state index in [1.54, 1.807) is 44.6 Å². The molecule has 0 unspecified atom stereocenters. The molecule has 0 aliphatic heterocycles. The Morgan fingerprint density at radius 1 is 1.04 bits per heavy atom. The fourth-order valence-electron chi connectivity index (χ4n) is 2.20. The molecule has 0 saturated heterocycles. The van der Waals surface area contributed by atoms with Gasteiger partial charge in [-0.05, 0) is 41.8 Å². The molecule has 2 amide bonds. The van der Waals surface area contributed by atoms with E-state index in [0.29, 0.717) is 29.5 Å². The van der Waals surface area contributed by atoms with E-state index >= 15 is 0 Å². The lowest BCUT2D eigenvalue weighted by Crippen LogP contribution is -2.38. The Morgan fingerprint density at radius 2 is 1.74 bits per heavy atom. The number of benzene rings is 2. The van der Waals surface area contributed by atoms with Gasteiger partial charge in [-0.25, -0.2) is 5.43 Å². The molecule has 7 nitrogen and oxygen atoms in total. The summed E-state index contributed by atoms with van der Waals surface area (Å²) in [4.78, 5) is 23.5. The van der Waals surface area contributed by atoms with Crippen molar-refractivity contribution < 1.29 is 19.1 Å². The van der Waals surface area contributed by atoms with Gasteiger partial charge in [-0.2, -0.15) is 5.10 Å². The molecular weight excluding hydrogens is 370 g/mol. The van der Waals surface area contributed by atoms with Gasteiger partial charge >= 0.3 is 11.8 Å². The van der Waals surface area contributed by atoms with Gasteiger partial charge in [-0.3, -0.25) is 9.59 Å². The first-order valence-electron chi connectivity index (χ1n) is 8.11. The molecule has 0 aliphatic carbocycles. The molecule has 2 rings (SSSR count). The first kappa shape index (κ1) is 20.3. The van der Waals surface area contributed by atoms with Gasteiger partial charge in [0.15, 0.2) is 11.5 Å². The molecule has 27 heavy (non-hydrogen) atoms. The van der Waals surface area contributed by atoms with Gasteiger partial charge in [0.25, 0.3) is 0 Å². The zero-order chi connectivity index (χ0) is 19.6. The molecule has 0 heterocycles. The molecule has 0 aromatic heterocycles. The Kier molecular flexibility index (Phi) is 7.63. The van der Waals surface area contributed by atoms with Gasteiger partial charge in [0.2, 0.25) is 0 Å². The zero-order valence-corrected chi connectivity index (χ0v) is 15.7. The van der Waals surface area contributed by atoms with Gasteiger partial charge in [0.05, 0.1) is 20.4 Å². The van der Waals surface area contributed by atoms with Crippen molar-refractivity contribution in [2.24, 2.45) is 5.10 Å². The zero-order valence-electron chi connectivity index (χ0n) is 15.0. The maximum atomic E-state index is 11.8. The summed E-state index contributed by atoms with van der Waals surface area (Å²) >= 11 is 5.78. The molecule has 0 bridgehead atoms. The van der Waals surface area contributed by atoms with Crippen LogP contribution in [0.15, 0.2) is 47.6 Å². The van der Waals surface area contributed by atoms with Crippen molar-refractivity contribution >= 4 is 29.6 Å². The highest BCUT2D eigenvalue weighted by atomic mass is 35.5. The van der Waals surface area contributed by atoms with Crippen LogP contribution in [-0.2, 0) is 16.0 Å². The standard InChI is InChI=1S/C19H20ClN3O4/c1-26-16-8-5-13(11-17(16)27-2)9-10-21-18(24)19(25)23-22-12-14-3-6-15(20)7-4-14/h3-8,11-12H,9-10H2,1-2H3,(H,21,24)(H,23,25)/b22-12+. The SMILES string of the molecule is COc1ccc(CCNC(=O)C(=O)N/N=C/c2ccc(Cl)cc2)cc1OC. The minimum atomic E-state index is -0.840. The molecule has 0 atom stereocenters. The van der Waals surface area contributed by atoms with Crippen LogP contribution in [0.2, 0.25) is 5.02 Å². The van der Waals surface area contributed by atoms with E-state index in [4.69, 9.17) is 21.1 Å². The average Bonchev–Trinajstić information content (AvgIpc) is 2.69. The van der Waals surface area contributed by atoms with Gasteiger partial charge in [0.1, 0.15) is 0 Å². The van der Waals surface area contributed by atoms with Gasteiger partial charge in [-0.1, -0.05) is 29.8 Å². The van der Waals surface area contributed by atoms with E-state index in [9.17, 15) is 9.59 Å². The summed E-state index contributed by atoms with van der Waals surface area (Å²) in [6.45, 7) is 0.294. The Hall–Kier alpha value is -3.06. The second kappa shape index (κ2) is 10.2. The van der Waals surface area contributed by atoms with Crippen molar-refractivity contribution in [3.63, 3.8) is 0 Å². The first-order valence-corrected chi connectivity index (χ1v) is 8.49. The molecule has 0 aliphatic rings. The Balaban J connectivity index is 1.78. The highest BCUT2D eigenvalue weighted by molar-refractivity contribution is 6.35. The second-order valence-electron chi connectivity index (χ2n) is 5.45. The number of nitrogens with zero attached hydrogens (tertiary/aromatic N) is 1. The molecular formula is C19H20ClN3O4. The highest BCUT2D eigenvalue weighted by Gasteiger charge is 2.12. The fourth-order valence-corrected chi connectivity index (χ4v) is 2.33. The topological polar surface area (TPSA) is 89.0 Å². The van der Waals surface area contributed by atoms with Crippen LogP contribution in [0.25, 0.3) is 0 Å². The van der Waals surface area contributed by atoms with E-state index in [-0.39, 0.29) is 0 Å². The van der Waals surface area contributed by atoms with E-state index in [0.717, 1.165) is 11.1 Å². The molecule has 2 N–H and O–H groups in total. The minimum Gasteiger partial charge on any atom is -0.493 e. The summed E-state index contributed by atoms with van der Waals surface area (Å²) in [5, 5.41) is 6.88. The number of methoxy groups -OCH3 is 2. The summed E-state index contributed by atoms with van der Waals surface area (Å²) in [5.74, 6) is -0.366. The number of amides is 2. The van der Waals surface area contributed by atoms with E-state index < -0.39 is 11.8 Å². The Bertz CT molecular complexity index is 822. The molecule has 0 radical (unpaired) electrons. The number of hydrogen-bond acceptors (Lipinski definition) is 5. The van der Waals surface area contributed by atoms with Crippen LogP contribution in [-0.4, -0.2) is 38.8 Å². The molecule has 2 aromatic carbocycles. The van der Waals surface area contributed by atoms with Crippen LogP contribution in [0.3, 0.4) is 0 Å². The molecule has 0 spiro atoms. The number of hydrogen-bond donors (Lipinski definition) is 2. The lowest BCUT2D eigenvalue weighted by Gasteiger charge is -2.10. The summed E-state index contributed by atoms with van der Waals surface area (Å²) in [5.41, 5.74) is 3.86. The lowest BCUT2D eigenvalue weighted by atomic mass is 10.1. The van der Waals surface area contributed by atoms with Gasteiger partial charge < -0.3 is 14.8 Å². The number of nitrogens with one attached hydrogen (secondary N) is 2. The van der Waals surface area contributed by atoms with Gasteiger partial charge in [0, 0.05) is 11.6 Å². The van der Waals surface area contributed by atoms with Crippen molar-refractivity contribution in [2.45, 2.75) is 6.42 Å². The Morgan fingerprint density at radius 3 is 2.41 bits per heavy atom. The lowest BCUT2D eigenvalue weighted by molar-refractivity contribution is -0.139. The predicted molar refractivity (Wildman–Crippen MR) is 103 cm³/mol. The number of hydrazone groups is 1. The van der Waals surface area contributed by atoms with Crippen molar-refractivity contribution in [1.29, 1.82) is 0 Å². The summed E-state index contributed by atoms with van der Waals surface area (Å²) in [6.07, 6.45) is 1.96. The third-order valence-corrected chi connectivity index (χ3v) is 3.86. The number of ether oxygens (including phenoxy) is 2. The molecule has 8 heteroatoms. The molecule has 0 fully saturated rings. The third kappa shape index (κ3) is 6.31. The number of rotatable bonds is 7. The number of carbonyl (C=O) groups is 2. The maximum Gasteiger partial charge on any atom is 0.329 e. The molecule has 0 saturated carbocycles. The van der Waals surface area contributed by atoms with Crippen LogP contribution in [0, 0.1) is 0 Å². The van der Waals surface area contributed by atoms with Crippen LogP contribution in [0.5, 0.6) is 11.5 Å². The first-order chi connectivity index (χ1) is 13.0. The normalized spacial score (nSPS) is 10.5. The van der Waals surface area contributed by atoms with Crippen molar-refractivity contribution in [3.05, 3.63) is 58.6 Å². The van der Waals surface area contributed by atoms with Crippen LogP contribution in [0.4, 0.5) is 0 Å². The fraction of sp³-hybridized carbons (Fsp3) is 0.211. The van der Waals surface area contributed by atoms with Crippen LogP contribution in [0.1, 0.15) is 11.1 Å². The number of carbonyl (C=O) groups excluding carboxylic acids is 2. The second-order valence-corrected chi connectivity index (χ2v) is 5.88. The Labute approximate surface area is 162 Å². The van der Waals surface area contributed by atoms with Crippen molar-refractivity contribution in [3.8, 4) is 11.5 Å². The smallest absolute Gasteiger partial charge is 0.329 e. The molecule has 2 aromatic rings. The highest BCUT2D eigenvalue weighted by Crippen LogP contribution is 2.27. The third-order valence-electron chi connectivity index (χ3n) is 3.60. The van der Waals surface area contributed by atoms with E-state index in [1.807, 2.05) is 12.1 Å². The average molecular weight is 390 g/mol. The molecule has 142 valence electrons. The summed E-state index contributed by atoms with van der Waals surface area (Å²) < 4.78 is 10.4. The maximum absolute atomic E-state index is 11.8. The van der Waals surface area contributed by atoms with E-state index in [1.165, 1.54) is 6.21 Å². The minimum absolute atomic E-state index is 0.294.